The number of halogens is 1. The first kappa shape index (κ1) is 32.6. The summed E-state index contributed by atoms with van der Waals surface area (Å²) in [6.07, 6.45) is 5.49. The monoisotopic (exact) mass is 655 g/mol. The van der Waals surface area contributed by atoms with Crippen LogP contribution in [0.15, 0.2) is 48.7 Å². The number of aromatic nitrogens is 2. The normalized spacial score (nSPS) is 16.3. The molecule has 0 unspecified atom stereocenters. The Kier molecular flexibility index (Phi) is 9.93. The smallest absolute Gasteiger partial charge is 0.410 e. The molecule has 2 N–H and O–H groups in total. The highest BCUT2D eigenvalue weighted by atomic mass is 35.5. The van der Waals surface area contributed by atoms with Crippen LogP contribution in [-0.2, 0) is 16.6 Å². The fraction of sp³-hybridized carbons (Fsp3) is 0.469. The topological polar surface area (TPSA) is 112 Å². The number of benzene rings is 2. The third-order valence-corrected chi connectivity index (χ3v) is 9.21. The quantitative estimate of drug-likeness (QED) is 0.233. The molecule has 2 fully saturated rings. The van der Waals surface area contributed by atoms with Crippen LogP contribution in [0.1, 0.15) is 46.5 Å². The van der Waals surface area contributed by atoms with E-state index in [1.807, 2.05) is 62.1 Å². The van der Waals surface area contributed by atoms with E-state index in [4.69, 9.17) is 21.1 Å². The van der Waals surface area contributed by atoms with E-state index in [-0.39, 0.29) is 23.4 Å². The van der Waals surface area contributed by atoms with Crippen molar-refractivity contribution in [3.05, 3.63) is 53.7 Å². The number of carbonyl (C=O) groups is 1. The molecule has 1 aromatic heterocycles. The fourth-order valence-electron chi connectivity index (χ4n) is 5.88. The maximum atomic E-state index is 12.5. The highest BCUT2D eigenvalue weighted by Gasteiger charge is 2.39. The standard InChI is InChI=1S/C32H42ClN7O4S/c1-31(2,3)44-30(41)40-18-14-32(15-19-40)12-16-39(17-13-32)22-10-11-25(27(20-22)43-5)36-29-34-21-23(33)28(37-29)35-24-8-6-7-9-26(24)38(4)45-42/h6-11,20-21,45H,12-19H2,1-5H3,(H2,34,35,36,37). The van der Waals surface area contributed by atoms with Crippen molar-refractivity contribution >= 4 is 64.1 Å². The molecule has 2 aromatic carbocycles. The van der Waals surface area contributed by atoms with E-state index >= 15 is 0 Å². The van der Waals surface area contributed by atoms with Crippen LogP contribution in [0.25, 0.3) is 0 Å². The van der Waals surface area contributed by atoms with Gasteiger partial charge in [-0.05, 0) is 76.1 Å². The third kappa shape index (κ3) is 7.91. The van der Waals surface area contributed by atoms with Gasteiger partial charge >= 0.3 is 6.09 Å². The molecular formula is C32H42ClN7O4S. The maximum absolute atomic E-state index is 12.5. The zero-order valence-electron chi connectivity index (χ0n) is 26.5. The minimum Gasteiger partial charge on any atom is -0.494 e. The molecule has 2 saturated heterocycles. The molecule has 3 aromatic rings. The Morgan fingerprint density at radius 3 is 2.38 bits per heavy atom. The van der Waals surface area contributed by atoms with Crippen molar-refractivity contribution in [1.29, 1.82) is 0 Å². The Morgan fingerprint density at radius 2 is 1.71 bits per heavy atom. The van der Waals surface area contributed by atoms with Gasteiger partial charge in [-0.25, -0.2) is 14.0 Å². The van der Waals surface area contributed by atoms with Gasteiger partial charge in [0.05, 0.1) is 30.4 Å². The molecule has 0 bridgehead atoms. The molecule has 0 saturated carbocycles. The van der Waals surface area contributed by atoms with E-state index in [0.717, 1.165) is 68.9 Å². The van der Waals surface area contributed by atoms with Gasteiger partial charge in [0, 0.05) is 45.0 Å². The van der Waals surface area contributed by atoms with Gasteiger partial charge in [0.1, 0.15) is 28.2 Å². The van der Waals surface area contributed by atoms with Crippen molar-refractivity contribution in [2.24, 2.45) is 5.41 Å². The molecule has 3 heterocycles. The van der Waals surface area contributed by atoms with Gasteiger partial charge in [-0.3, -0.25) is 4.31 Å². The second kappa shape index (κ2) is 13.7. The molecule has 0 radical (unpaired) electrons. The number of methoxy groups -OCH3 is 1. The molecule has 0 aliphatic carbocycles. The highest BCUT2D eigenvalue weighted by molar-refractivity contribution is 7.67. The number of amides is 1. The maximum Gasteiger partial charge on any atom is 0.410 e. The van der Waals surface area contributed by atoms with E-state index in [9.17, 15) is 9.00 Å². The van der Waals surface area contributed by atoms with Crippen LogP contribution in [0.5, 0.6) is 5.75 Å². The van der Waals surface area contributed by atoms with Crippen molar-refractivity contribution < 1.29 is 18.5 Å². The fourth-order valence-corrected chi connectivity index (χ4v) is 6.28. The summed E-state index contributed by atoms with van der Waals surface area (Å²) in [4.78, 5) is 25.7. The second-order valence-electron chi connectivity index (χ2n) is 12.6. The summed E-state index contributed by atoms with van der Waals surface area (Å²) in [7, 11) is 3.37. The Labute approximate surface area is 273 Å². The first-order valence-corrected chi connectivity index (χ1v) is 16.3. The van der Waals surface area contributed by atoms with Crippen molar-refractivity contribution in [3.8, 4) is 5.75 Å². The third-order valence-electron chi connectivity index (χ3n) is 8.47. The summed E-state index contributed by atoms with van der Waals surface area (Å²) in [6.45, 7) is 9.10. The molecule has 0 atom stereocenters. The molecule has 242 valence electrons. The van der Waals surface area contributed by atoms with Crippen LogP contribution in [0.4, 0.5) is 39.3 Å². The Balaban J connectivity index is 1.22. The van der Waals surface area contributed by atoms with Crippen LogP contribution < -0.4 is 24.6 Å². The van der Waals surface area contributed by atoms with E-state index in [1.54, 1.807) is 18.5 Å². The van der Waals surface area contributed by atoms with Crippen LogP contribution in [0.3, 0.4) is 0 Å². The molecular weight excluding hydrogens is 614 g/mol. The predicted molar refractivity (Wildman–Crippen MR) is 182 cm³/mol. The first-order chi connectivity index (χ1) is 21.5. The minimum atomic E-state index is -0.477. The van der Waals surface area contributed by atoms with Crippen molar-refractivity contribution in [1.82, 2.24) is 14.9 Å². The minimum absolute atomic E-state index is 0.134. The number of nitrogens with zero attached hydrogens (tertiary/aromatic N) is 5. The zero-order chi connectivity index (χ0) is 32.2. The molecule has 5 rings (SSSR count). The van der Waals surface area contributed by atoms with Gasteiger partial charge in [0.2, 0.25) is 5.95 Å². The lowest BCUT2D eigenvalue weighted by molar-refractivity contribution is 0.00666. The lowest BCUT2D eigenvalue weighted by Gasteiger charge is -2.47. The number of carbonyl (C=O) groups excluding carboxylic acids is 1. The summed E-state index contributed by atoms with van der Waals surface area (Å²) in [6, 6.07) is 13.5. The number of anilines is 6. The summed E-state index contributed by atoms with van der Waals surface area (Å²) in [5, 5.41) is 6.84. The van der Waals surface area contributed by atoms with Gasteiger partial charge in [-0.2, -0.15) is 4.98 Å². The van der Waals surface area contributed by atoms with Crippen molar-refractivity contribution in [2.45, 2.75) is 52.1 Å². The molecule has 1 amide bonds. The summed E-state index contributed by atoms with van der Waals surface area (Å²) < 4.78 is 24.4. The number of ether oxygens (including phenoxy) is 2. The number of thiol groups is 1. The number of para-hydroxylation sites is 2. The number of nitrogens with one attached hydrogen (secondary N) is 2. The van der Waals surface area contributed by atoms with E-state index in [0.29, 0.717) is 28.2 Å². The molecule has 11 nitrogen and oxygen atoms in total. The number of hydrogen-bond acceptors (Lipinski definition) is 9. The van der Waals surface area contributed by atoms with Gasteiger partial charge < -0.3 is 29.9 Å². The van der Waals surface area contributed by atoms with Gasteiger partial charge in [-0.1, -0.05) is 23.7 Å². The molecule has 45 heavy (non-hydrogen) atoms. The van der Waals surface area contributed by atoms with Gasteiger partial charge in [0.25, 0.3) is 0 Å². The Hall–Kier alpha value is -3.77. The van der Waals surface area contributed by atoms with E-state index in [2.05, 4.69) is 31.6 Å². The zero-order valence-corrected chi connectivity index (χ0v) is 28.1. The van der Waals surface area contributed by atoms with E-state index in [1.165, 1.54) is 6.20 Å². The van der Waals surface area contributed by atoms with Crippen molar-refractivity contribution in [2.75, 3.05) is 60.2 Å². The van der Waals surface area contributed by atoms with Gasteiger partial charge in [0.15, 0.2) is 5.82 Å². The van der Waals surface area contributed by atoms with E-state index < -0.39 is 5.60 Å². The van der Waals surface area contributed by atoms with Crippen LogP contribution >= 0.6 is 11.6 Å². The molecule has 2 aliphatic heterocycles. The number of hydrogen-bond donors (Lipinski definition) is 3. The molecule has 2 aliphatic rings. The molecule has 13 heteroatoms. The van der Waals surface area contributed by atoms with Gasteiger partial charge in [-0.15, -0.1) is 0 Å². The average molecular weight is 656 g/mol. The van der Waals surface area contributed by atoms with Crippen LogP contribution in [0.2, 0.25) is 5.02 Å². The number of piperidine rings is 2. The number of rotatable bonds is 8. The SMILES string of the molecule is COc1cc(N2CCC3(CCN(C(=O)OC(C)(C)C)CC3)CC2)ccc1Nc1ncc(Cl)c(Nc2ccccc2N(C)[SH]=O)n1. The summed E-state index contributed by atoms with van der Waals surface area (Å²) >= 11 is 6.30. The highest BCUT2D eigenvalue weighted by Crippen LogP contribution is 2.43. The summed E-state index contributed by atoms with van der Waals surface area (Å²) in [5.41, 5.74) is 3.04. The first-order valence-electron chi connectivity index (χ1n) is 15.1. The van der Waals surface area contributed by atoms with Crippen LogP contribution in [-0.4, -0.2) is 71.1 Å². The largest absolute Gasteiger partial charge is 0.494 e. The number of likely N-dealkylation sites (tertiary alicyclic amines) is 1. The average Bonchev–Trinajstić information content (AvgIpc) is 3.02. The Bertz CT molecular complexity index is 1520. The van der Waals surface area contributed by atoms with Crippen LogP contribution in [0, 0.1) is 5.41 Å². The van der Waals surface area contributed by atoms with Crippen molar-refractivity contribution in [3.63, 3.8) is 0 Å². The molecule has 1 spiro atoms. The lowest BCUT2D eigenvalue weighted by Crippen LogP contribution is -2.49. The Morgan fingerprint density at radius 1 is 1.02 bits per heavy atom. The second-order valence-corrected chi connectivity index (χ2v) is 13.8. The predicted octanol–water partition coefficient (Wildman–Crippen LogP) is 6.54. The lowest BCUT2D eigenvalue weighted by atomic mass is 9.71. The summed E-state index contributed by atoms with van der Waals surface area (Å²) in [5.74, 6) is 1.43.